The Balaban J connectivity index is 4.08. The molecule has 0 aliphatic rings. The highest BCUT2D eigenvalue weighted by molar-refractivity contribution is 7.92. The maximum Gasteiger partial charge on any atom is 0.154 e. The summed E-state index contributed by atoms with van der Waals surface area (Å²) < 4.78 is 23.2. The van der Waals surface area contributed by atoms with Crippen molar-refractivity contribution < 1.29 is 8.42 Å². The molecule has 0 aromatic rings. The Morgan fingerprint density at radius 1 is 1.23 bits per heavy atom. The van der Waals surface area contributed by atoms with E-state index in [4.69, 9.17) is 0 Å². The third-order valence-corrected chi connectivity index (χ3v) is 4.77. The minimum atomic E-state index is -2.89. The lowest BCUT2D eigenvalue weighted by molar-refractivity contribution is 0.543. The quantitative estimate of drug-likeness (QED) is 0.662. The normalized spacial score (nSPS) is 14.8. The summed E-state index contributed by atoms with van der Waals surface area (Å²) in [6.07, 6.45) is 0. The van der Waals surface area contributed by atoms with Crippen molar-refractivity contribution in [2.24, 2.45) is 5.92 Å². The van der Waals surface area contributed by atoms with E-state index in [-0.39, 0.29) is 16.9 Å². The van der Waals surface area contributed by atoms with Crippen LogP contribution in [0.25, 0.3) is 0 Å². The van der Waals surface area contributed by atoms with Gasteiger partial charge in [-0.3, -0.25) is 0 Å². The van der Waals surface area contributed by atoms with Crippen LogP contribution in [0, 0.1) is 5.92 Å². The lowest BCUT2D eigenvalue weighted by Gasteiger charge is -2.16. The first kappa shape index (κ1) is 12.9. The topological polar surface area (TPSA) is 46.2 Å². The minimum Gasteiger partial charge on any atom is -0.316 e. The van der Waals surface area contributed by atoms with Gasteiger partial charge in [0.05, 0.1) is 11.0 Å². The van der Waals surface area contributed by atoms with Gasteiger partial charge < -0.3 is 5.32 Å². The fraction of sp³-hybridized carbons (Fsp3) is 1.00. The van der Waals surface area contributed by atoms with E-state index >= 15 is 0 Å². The number of sulfone groups is 1. The van der Waals surface area contributed by atoms with E-state index in [1.54, 1.807) is 6.92 Å². The molecule has 0 aliphatic heterocycles. The average molecular weight is 207 g/mol. The van der Waals surface area contributed by atoms with E-state index in [9.17, 15) is 8.42 Å². The fourth-order valence-electron chi connectivity index (χ4n) is 0.992. The van der Waals surface area contributed by atoms with Crippen molar-refractivity contribution in [2.45, 2.75) is 32.9 Å². The molecule has 0 bridgehead atoms. The van der Waals surface area contributed by atoms with Crippen LogP contribution in [-0.4, -0.2) is 32.5 Å². The van der Waals surface area contributed by atoms with Gasteiger partial charge in [-0.05, 0) is 19.4 Å². The smallest absolute Gasteiger partial charge is 0.154 e. The van der Waals surface area contributed by atoms with Gasteiger partial charge >= 0.3 is 0 Å². The molecule has 0 aromatic carbocycles. The Labute approximate surface area is 81.8 Å². The van der Waals surface area contributed by atoms with Crippen molar-refractivity contribution in [3.8, 4) is 0 Å². The van der Waals surface area contributed by atoms with Gasteiger partial charge in [-0.15, -0.1) is 0 Å². The van der Waals surface area contributed by atoms with Crippen molar-refractivity contribution in [1.82, 2.24) is 5.32 Å². The molecule has 0 saturated carbocycles. The molecule has 3 nitrogen and oxygen atoms in total. The second-order valence-electron chi connectivity index (χ2n) is 3.67. The molecule has 0 aromatic heterocycles. The first-order valence-electron chi connectivity index (χ1n) is 4.84. The number of hydrogen-bond acceptors (Lipinski definition) is 3. The molecule has 0 saturated heterocycles. The molecule has 1 atom stereocenters. The zero-order valence-electron chi connectivity index (χ0n) is 9.00. The van der Waals surface area contributed by atoms with Crippen molar-refractivity contribution in [2.75, 3.05) is 18.8 Å². The number of hydrogen-bond donors (Lipinski definition) is 1. The zero-order chi connectivity index (χ0) is 10.5. The maximum atomic E-state index is 11.6. The lowest BCUT2D eigenvalue weighted by Crippen LogP contribution is -2.31. The molecule has 0 amide bonds. The molecule has 0 radical (unpaired) electrons. The minimum absolute atomic E-state index is 0.201. The molecule has 0 heterocycles. The van der Waals surface area contributed by atoms with Crippen LogP contribution < -0.4 is 5.32 Å². The summed E-state index contributed by atoms with van der Waals surface area (Å²) >= 11 is 0. The Kier molecular flexibility index (Phi) is 5.56. The summed E-state index contributed by atoms with van der Waals surface area (Å²) in [5.74, 6) is 0.451. The van der Waals surface area contributed by atoms with Crippen molar-refractivity contribution >= 4 is 9.84 Å². The molecule has 1 N–H and O–H groups in total. The van der Waals surface area contributed by atoms with Crippen LogP contribution in [0.2, 0.25) is 0 Å². The van der Waals surface area contributed by atoms with Gasteiger partial charge in [-0.25, -0.2) is 8.42 Å². The third-order valence-electron chi connectivity index (χ3n) is 2.32. The molecular formula is C9H21NO2S. The zero-order valence-corrected chi connectivity index (χ0v) is 9.82. The Morgan fingerprint density at radius 3 is 2.15 bits per heavy atom. The van der Waals surface area contributed by atoms with Gasteiger partial charge in [0.2, 0.25) is 0 Å². The van der Waals surface area contributed by atoms with Gasteiger partial charge in [0.15, 0.2) is 9.84 Å². The molecule has 80 valence electrons. The Hall–Kier alpha value is -0.0900. The van der Waals surface area contributed by atoms with Crippen LogP contribution in [0.4, 0.5) is 0 Å². The van der Waals surface area contributed by atoms with Crippen LogP contribution in [0.3, 0.4) is 0 Å². The first-order valence-corrected chi connectivity index (χ1v) is 6.55. The predicted octanol–water partition coefficient (Wildman–Crippen LogP) is 1.06. The summed E-state index contributed by atoms with van der Waals surface area (Å²) in [6, 6.07) is 0. The predicted molar refractivity (Wildman–Crippen MR) is 56.6 cm³/mol. The number of nitrogens with one attached hydrogen (secondary N) is 1. The average Bonchev–Trinajstić information content (AvgIpc) is 2.03. The highest BCUT2D eigenvalue weighted by Gasteiger charge is 2.22. The van der Waals surface area contributed by atoms with Crippen molar-refractivity contribution in [3.05, 3.63) is 0 Å². The monoisotopic (exact) mass is 207 g/mol. The van der Waals surface area contributed by atoms with Crippen molar-refractivity contribution in [3.63, 3.8) is 0 Å². The van der Waals surface area contributed by atoms with Crippen LogP contribution in [0.5, 0.6) is 0 Å². The van der Waals surface area contributed by atoms with E-state index < -0.39 is 9.84 Å². The standard InChI is InChI=1S/C9H21NO2S/c1-5-10-6-7-13(11,12)9(4)8(2)3/h8-10H,5-7H2,1-4H3. The van der Waals surface area contributed by atoms with E-state index in [1.807, 2.05) is 20.8 Å². The van der Waals surface area contributed by atoms with Crippen molar-refractivity contribution in [1.29, 1.82) is 0 Å². The first-order chi connectivity index (χ1) is 5.91. The highest BCUT2D eigenvalue weighted by atomic mass is 32.2. The van der Waals surface area contributed by atoms with E-state index in [0.717, 1.165) is 6.54 Å². The van der Waals surface area contributed by atoms with Gasteiger partial charge in [-0.2, -0.15) is 0 Å². The van der Waals surface area contributed by atoms with Crippen LogP contribution in [0.15, 0.2) is 0 Å². The molecule has 4 heteroatoms. The van der Waals surface area contributed by atoms with Crippen LogP contribution >= 0.6 is 0 Å². The molecule has 0 fully saturated rings. The second-order valence-corrected chi connectivity index (χ2v) is 6.15. The van der Waals surface area contributed by atoms with Crippen LogP contribution in [0.1, 0.15) is 27.7 Å². The van der Waals surface area contributed by atoms with E-state index in [1.165, 1.54) is 0 Å². The van der Waals surface area contributed by atoms with Gasteiger partial charge in [0, 0.05) is 6.54 Å². The third kappa shape index (κ3) is 4.62. The maximum absolute atomic E-state index is 11.6. The molecule has 13 heavy (non-hydrogen) atoms. The van der Waals surface area contributed by atoms with Gasteiger partial charge in [-0.1, -0.05) is 20.8 Å². The highest BCUT2D eigenvalue weighted by Crippen LogP contribution is 2.11. The molecule has 1 unspecified atom stereocenters. The molecule has 0 rings (SSSR count). The van der Waals surface area contributed by atoms with Gasteiger partial charge in [0.1, 0.15) is 0 Å². The second kappa shape index (κ2) is 5.60. The largest absolute Gasteiger partial charge is 0.316 e. The van der Waals surface area contributed by atoms with Crippen LogP contribution in [-0.2, 0) is 9.84 Å². The SMILES string of the molecule is CCNCCS(=O)(=O)C(C)C(C)C. The summed E-state index contributed by atoms with van der Waals surface area (Å²) in [7, 11) is -2.89. The Bertz CT molecular complexity index is 222. The summed E-state index contributed by atoms with van der Waals surface area (Å²) in [5, 5.41) is 2.79. The lowest BCUT2D eigenvalue weighted by atomic mass is 10.2. The van der Waals surface area contributed by atoms with E-state index in [0.29, 0.717) is 6.54 Å². The van der Waals surface area contributed by atoms with Gasteiger partial charge in [0.25, 0.3) is 0 Å². The summed E-state index contributed by atoms with van der Waals surface area (Å²) in [5.41, 5.74) is 0. The summed E-state index contributed by atoms with van der Waals surface area (Å²) in [6.45, 7) is 9.02. The fourth-order valence-corrected chi connectivity index (χ4v) is 2.62. The number of rotatable bonds is 6. The van der Waals surface area contributed by atoms with E-state index in [2.05, 4.69) is 5.32 Å². The Morgan fingerprint density at radius 2 is 1.77 bits per heavy atom. The molecule has 0 spiro atoms. The molecular weight excluding hydrogens is 186 g/mol. The summed E-state index contributed by atoms with van der Waals surface area (Å²) in [4.78, 5) is 0. The molecule has 0 aliphatic carbocycles.